The first-order valence-electron chi connectivity index (χ1n) is 3.23. The minimum atomic E-state index is -0.448. The molecule has 0 unspecified atom stereocenters. The third kappa shape index (κ3) is 7.01. The van der Waals surface area contributed by atoms with Crippen LogP contribution in [0.15, 0.2) is 0 Å². The highest BCUT2D eigenvalue weighted by Crippen LogP contribution is 1.75. The number of carbonyl (C=O) groups excluding carboxylic acids is 1. The molecule has 0 aliphatic rings. The van der Waals surface area contributed by atoms with Crippen molar-refractivity contribution in [1.29, 1.82) is 0 Å². The highest BCUT2D eigenvalue weighted by atomic mass is 35.5. The molecule has 0 rings (SSSR count). The van der Waals surface area contributed by atoms with Crippen LogP contribution >= 0.6 is 11.6 Å². The van der Waals surface area contributed by atoms with E-state index in [9.17, 15) is 4.79 Å². The molecule has 0 saturated carbocycles. The van der Waals surface area contributed by atoms with E-state index in [0.717, 1.165) is 0 Å². The van der Waals surface area contributed by atoms with Crippen molar-refractivity contribution in [3.05, 3.63) is 0 Å². The van der Waals surface area contributed by atoms with E-state index in [0.29, 0.717) is 6.54 Å². The largest absolute Gasteiger partial charge is 0.436 e. The fourth-order valence-corrected chi connectivity index (χ4v) is 0.490. The third-order valence-corrected chi connectivity index (χ3v) is 0.922. The van der Waals surface area contributed by atoms with E-state index >= 15 is 0 Å². The quantitative estimate of drug-likeness (QED) is 0.502. The van der Waals surface area contributed by atoms with Gasteiger partial charge in [0.05, 0.1) is 5.88 Å². The Morgan fingerprint density at radius 1 is 1.64 bits per heavy atom. The summed E-state index contributed by atoms with van der Waals surface area (Å²) >= 11 is 5.25. The van der Waals surface area contributed by atoms with Crippen molar-refractivity contribution in [1.82, 2.24) is 5.32 Å². The molecule has 0 aliphatic carbocycles. The van der Waals surface area contributed by atoms with E-state index in [-0.39, 0.29) is 12.5 Å². The second-order valence-corrected chi connectivity index (χ2v) is 1.86. The summed E-state index contributed by atoms with van der Waals surface area (Å²) < 4.78 is 4.60. The number of carbonyl (C=O) groups is 1. The lowest BCUT2D eigenvalue weighted by molar-refractivity contribution is 0.160. The van der Waals surface area contributed by atoms with Crippen molar-refractivity contribution in [3.63, 3.8) is 0 Å². The van der Waals surface area contributed by atoms with Gasteiger partial charge in [-0.25, -0.2) is 4.79 Å². The number of alkyl halides is 1. The van der Waals surface area contributed by atoms with Crippen LogP contribution in [-0.2, 0) is 4.74 Å². The number of amides is 1. The van der Waals surface area contributed by atoms with Crippen LogP contribution in [0.3, 0.4) is 0 Å². The van der Waals surface area contributed by atoms with E-state index in [1.165, 1.54) is 0 Å². The summed E-state index contributed by atoms with van der Waals surface area (Å²) in [5.74, 6) is 5.38. The fourth-order valence-electron chi connectivity index (χ4n) is 0.395. The Balaban J connectivity index is 3.31. The van der Waals surface area contributed by atoms with Crippen molar-refractivity contribution in [3.8, 4) is 11.8 Å². The number of ether oxygens (including phenoxy) is 1. The van der Waals surface area contributed by atoms with Gasteiger partial charge in [-0.15, -0.1) is 11.6 Å². The van der Waals surface area contributed by atoms with Crippen LogP contribution in [0.25, 0.3) is 0 Å². The second-order valence-electron chi connectivity index (χ2n) is 1.59. The standard InChI is InChI=1S/C7H10ClNO2/c1-2-9-7(10)11-6-4-3-5-8/h2,5-6H2,1H3,(H,9,10). The topological polar surface area (TPSA) is 38.3 Å². The molecular formula is C7H10ClNO2. The molecule has 4 heteroatoms. The van der Waals surface area contributed by atoms with Crippen LogP contribution in [-0.4, -0.2) is 25.1 Å². The van der Waals surface area contributed by atoms with Gasteiger partial charge < -0.3 is 10.1 Å². The first-order valence-corrected chi connectivity index (χ1v) is 3.77. The molecule has 62 valence electrons. The van der Waals surface area contributed by atoms with Gasteiger partial charge in [0.2, 0.25) is 0 Å². The Morgan fingerprint density at radius 3 is 2.91 bits per heavy atom. The number of rotatable bonds is 2. The molecule has 0 bridgehead atoms. The van der Waals surface area contributed by atoms with Crippen LogP contribution in [0.2, 0.25) is 0 Å². The predicted molar refractivity (Wildman–Crippen MR) is 43.5 cm³/mol. The lowest BCUT2D eigenvalue weighted by atomic mass is 10.6. The van der Waals surface area contributed by atoms with Crippen molar-refractivity contribution in [2.24, 2.45) is 0 Å². The van der Waals surface area contributed by atoms with Gasteiger partial charge in [-0.1, -0.05) is 11.8 Å². The highest BCUT2D eigenvalue weighted by molar-refractivity contribution is 6.19. The van der Waals surface area contributed by atoms with Crippen LogP contribution in [0.4, 0.5) is 4.79 Å². The highest BCUT2D eigenvalue weighted by Gasteiger charge is 1.94. The molecule has 3 nitrogen and oxygen atoms in total. The average Bonchev–Trinajstić information content (AvgIpc) is 1.99. The SMILES string of the molecule is CCNC(=O)OCC#CCCl. The van der Waals surface area contributed by atoms with Gasteiger partial charge in [0.1, 0.15) is 0 Å². The molecule has 11 heavy (non-hydrogen) atoms. The van der Waals surface area contributed by atoms with Gasteiger partial charge in [-0.2, -0.15) is 0 Å². The molecule has 0 aromatic carbocycles. The van der Waals surface area contributed by atoms with E-state index < -0.39 is 6.09 Å². The molecule has 1 N–H and O–H groups in total. The maximum atomic E-state index is 10.6. The number of hydrogen-bond acceptors (Lipinski definition) is 2. The lowest BCUT2D eigenvalue weighted by Crippen LogP contribution is -2.23. The number of nitrogens with one attached hydrogen (secondary N) is 1. The van der Waals surface area contributed by atoms with Gasteiger partial charge in [-0.05, 0) is 6.92 Å². The molecule has 0 atom stereocenters. The minimum Gasteiger partial charge on any atom is -0.436 e. The first-order chi connectivity index (χ1) is 5.31. The number of hydrogen-bond donors (Lipinski definition) is 1. The molecular weight excluding hydrogens is 166 g/mol. The molecule has 0 aromatic heterocycles. The molecule has 0 saturated heterocycles. The Hall–Kier alpha value is -0.880. The van der Waals surface area contributed by atoms with Crippen molar-refractivity contribution >= 4 is 17.7 Å². The van der Waals surface area contributed by atoms with Crippen molar-refractivity contribution in [2.45, 2.75) is 6.92 Å². The Morgan fingerprint density at radius 2 is 2.36 bits per heavy atom. The van der Waals surface area contributed by atoms with Gasteiger partial charge in [0.25, 0.3) is 0 Å². The summed E-state index contributed by atoms with van der Waals surface area (Å²) in [5, 5.41) is 2.46. The molecule has 0 fully saturated rings. The molecule has 0 aromatic rings. The van der Waals surface area contributed by atoms with Gasteiger partial charge in [0.15, 0.2) is 6.61 Å². The number of halogens is 1. The zero-order chi connectivity index (χ0) is 8.53. The zero-order valence-corrected chi connectivity index (χ0v) is 7.07. The second kappa shape index (κ2) is 7.23. The molecule has 0 heterocycles. The molecule has 0 spiro atoms. The normalized spacial score (nSPS) is 7.82. The minimum absolute atomic E-state index is 0.0958. The summed E-state index contributed by atoms with van der Waals surface area (Å²) in [6.45, 7) is 2.46. The summed E-state index contributed by atoms with van der Waals surface area (Å²) in [5.41, 5.74) is 0. The van der Waals surface area contributed by atoms with E-state index in [4.69, 9.17) is 11.6 Å². The molecule has 0 aliphatic heterocycles. The van der Waals surface area contributed by atoms with Crippen molar-refractivity contribution < 1.29 is 9.53 Å². The first kappa shape index (κ1) is 10.1. The van der Waals surface area contributed by atoms with Gasteiger partial charge in [0, 0.05) is 6.54 Å². The van der Waals surface area contributed by atoms with E-state index in [1.54, 1.807) is 0 Å². The third-order valence-electron chi connectivity index (χ3n) is 0.788. The van der Waals surface area contributed by atoms with Crippen molar-refractivity contribution in [2.75, 3.05) is 19.0 Å². The maximum Gasteiger partial charge on any atom is 0.408 e. The lowest BCUT2D eigenvalue weighted by Gasteiger charge is -1.99. The van der Waals surface area contributed by atoms with Gasteiger partial charge in [-0.3, -0.25) is 0 Å². The van der Waals surface area contributed by atoms with Crippen LogP contribution in [0.1, 0.15) is 6.92 Å². The average molecular weight is 176 g/mol. The zero-order valence-electron chi connectivity index (χ0n) is 6.32. The van der Waals surface area contributed by atoms with Crippen LogP contribution < -0.4 is 5.32 Å². The summed E-state index contributed by atoms with van der Waals surface area (Å²) in [7, 11) is 0. The maximum absolute atomic E-state index is 10.6. The van der Waals surface area contributed by atoms with Gasteiger partial charge >= 0.3 is 6.09 Å². The number of alkyl carbamates (subject to hydrolysis) is 1. The fraction of sp³-hybridized carbons (Fsp3) is 0.571. The summed E-state index contributed by atoms with van der Waals surface area (Å²) in [6.07, 6.45) is -0.448. The Kier molecular flexibility index (Phi) is 6.65. The van der Waals surface area contributed by atoms with E-state index in [1.807, 2.05) is 6.92 Å². The Bertz CT molecular complexity index is 171. The molecule has 1 amide bonds. The monoisotopic (exact) mass is 175 g/mol. The Labute approximate surface area is 71.1 Å². The van der Waals surface area contributed by atoms with Crippen LogP contribution in [0, 0.1) is 11.8 Å². The van der Waals surface area contributed by atoms with Crippen LogP contribution in [0.5, 0.6) is 0 Å². The predicted octanol–water partition coefficient (Wildman–Crippen LogP) is 0.975. The summed E-state index contributed by atoms with van der Waals surface area (Å²) in [6, 6.07) is 0. The molecule has 0 radical (unpaired) electrons. The van der Waals surface area contributed by atoms with E-state index in [2.05, 4.69) is 21.9 Å². The summed E-state index contributed by atoms with van der Waals surface area (Å²) in [4.78, 5) is 10.6. The smallest absolute Gasteiger partial charge is 0.408 e.